The van der Waals surface area contributed by atoms with Gasteiger partial charge in [0.2, 0.25) is 0 Å². The highest BCUT2D eigenvalue weighted by molar-refractivity contribution is 7.99. The molecule has 1 atom stereocenters. The molecule has 0 bridgehead atoms. The average Bonchev–Trinajstić information content (AvgIpc) is 2.40. The number of aromatic hydroxyl groups is 1. The number of rotatable bonds is 8. The van der Waals surface area contributed by atoms with Crippen LogP contribution in [0.1, 0.15) is 49.9 Å². The Morgan fingerprint density at radius 2 is 2.17 bits per heavy atom. The molecule has 0 aliphatic carbocycles. The van der Waals surface area contributed by atoms with E-state index >= 15 is 0 Å². The van der Waals surface area contributed by atoms with Crippen molar-refractivity contribution >= 4 is 18.0 Å². The third-order valence-corrected chi connectivity index (χ3v) is 4.45. The van der Waals surface area contributed by atoms with Crippen molar-refractivity contribution in [3.8, 4) is 5.75 Å². The van der Waals surface area contributed by atoms with Crippen LogP contribution in [0.25, 0.3) is 0 Å². The topological polar surface area (TPSA) is 37.3 Å². The molecule has 1 rings (SSSR count). The SMILES string of the molecule is CCCCC(CC)CSc1cccc(C=O)c1O. The number of hydrogen-bond acceptors (Lipinski definition) is 3. The molecule has 0 spiro atoms. The molecule has 100 valence electrons. The first-order valence-electron chi connectivity index (χ1n) is 6.62. The molecule has 0 aliphatic rings. The van der Waals surface area contributed by atoms with Gasteiger partial charge in [-0.1, -0.05) is 39.2 Å². The van der Waals surface area contributed by atoms with Crippen LogP contribution in [0, 0.1) is 5.92 Å². The van der Waals surface area contributed by atoms with E-state index in [2.05, 4.69) is 13.8 Å². The van der Waals surface area contributed by atoms with Crippen LogP contribution in [0.15, 0.2) is 23.1 Å². The first-order chi connectivity index (χ1) is 8.72. The van der Waals surface area contributed by atoms with Crippen molar-refractivity contribution in [3.63, 3.8) is 0 Å². The zero-order valence-corrected chi connectivity index (χ0v) is 12.0. The third kappa shape index (κ3) is 4.37. The van der Waals surface area contributed by atoms with Crippen molar-refractivity contribution in [2.45, 2.75) is 44.4 Å². The zero-order chi connectivity index (χ0) is 13.4. The largest absolute Gasteiger partial charge is 0.506 e. The van der Waals surface area contributed by atoms with E-state index in [-0.39, 0.29) is 5.75 Å². The molecular weight excluding hydrogens is 244 g/mol. The predicted molar refractivity (Wildman–Crippen MR) is 77.5 cm³/mol. The molecule has 0 radical (unpaired) electrons. The summed E-state index contributed by atoms with van der Waals surface area (Å²) in [7, 11) is 0. The molecule has 18 heavy (non-hydrogen) atoms. The van der Waals surface area contributed by atoms with Gasteiger partial charge in [0.1, 0.15) is 5.75 Å². The van der Waals surface area contributed by atoms with Crippen molar-refractivity contribution in [2.24, 2.45) is 5.92 Å². The minimum absolute atomic E-state index is 0.128. The second-order valence-corrected chi connectivity index (χ2v) is 5.60. The number of phenols is 1. The van der Waals surface area contributed by atoms with Crippen LogP contribution in [0.2, 0.25) is 0 Å². The van der Waals surface area contributed by atoms with Crippen molar-refractivity contribution in [1.82, 2.24) is 0 Å². The number of para-hydroxylation sites is 1. The molecule has 0 heterocycles. The van der Waals surface area contributed by atoms with Crippen LogP contribution < -0.4 is 0 Å². The lowest BCUT2D eigenvalue weighted by molar-refractivity contribution is 0.112. The Hall–Kier alpha value is -0.960. The van der Waals surface area contributed by atoms with E-state index in [4.69, 9.17) is 0 Å². The van der Waals surface area contributed by atoms with Crippen molar-refractivity contribution in [2.75, 3.05) is 5.75 Å². The van der Waals surface area contributed by atoms with Crippen LogP contribution in [0.3, 0.4) is 0 Å². The van der Waals surface area contributed by atoms with Crippen LogP contribution in [0.4, 0.5) is 0 Å². The second-order valence-electron chi connectivity index (χ2n) is 4.54. The van der Waals surface area contributed by atoms with Crippen molar-refractivity contribution in [1.29, 1.82) is 0 Å². The second kappa shape index (κ2) is 8.20. The van der Waals surface area contributed by atoms with E-state index < -0.39 is 0 Å². The molecule has 1 aromatic rings. The van der Waals surface area contributed by atoms with Crippen LogP contribution in [0.5, 0.6) is 5.75 Å². The minimum Gasteiger partial charge on any atom is -0.506 e. The summed E-state index contributed by atoms with van der Waals surface area (Å²) in [6.07, 6.45) is 5.61. The molecule has 3 heteroatoms. The van der Waals surface area contributed by atoms with Gasteiger partial charge in [-0.2, -0.15) is 0 Å². The zero-order valence-electron chi connectivity index (χ0n) is 11.2. The van der Waals surface area contributed by atoms with E-state index in [0.29, 0.717) is 17.8 Å². The van der Waals surface area contributed by atoms with Gasteiger partial charge in [0.05, 0.1) is 5.56 Å². The lowest BCUT2D eigenvalue weighted by Crippen LogP contribution is -2.02. The molecule has 0 amide bonds. The average molecular weight is 266 g/mol. The van der Waals surface area contributed by atoms with Crippen LogP contribution in [-0.2, 0) is 0 Å². The van der Waals surface area contributed by atoms with E-state index in [1.807, 2.05) is 12.1 Å². The number of thioether (sulfide) groups is 1. The Balaban J connectivity index is 2.59. The van der Waals surface area contributed by atoms with E-state index in [1.54, 1.807) is 17.8 Å². The minimum atomic E-state index is 0.128. The van der Waals surface area contributed by atoms with Gasteiger partial charge in [-0.3, -0.25) is 4.79 Å². The maximum atomic E-state index is 10.7. The molecule has 0 aliphatic heterocycles. The summed E-state index contributed by atoms with van der Waals surface area (Å²) in [5.74, 6) is 1.82. The van der Waals surface area contributed by atoms with E-state index in [0.717, 1.165) is 10.6 Å². The van der Waals surface area contributed by atoms with Gasteiger partial charge >= 0.3 is 0 Å². The monoisotopic (exact) mass is 266 g/mol. The maximum Gasteiger partial charge on any atom is 0.153 e. The summed E-state index contributed by atoms with van der Waals surface area (Å²) >= 11 is 1.65. The van der Waals surface area contributed by atoms with E-state index in [1.165, 1.54) is 25.7 Å². The number of phenolic OH excluding ortho intramolecular Hbond substituents is 1. The Labute approximate surface area is 114 Å². The standard InChI is InChI=1S/C15H22O2S/c1-3-5-7-12(4-2)11-18-14-9-6-8-13(10-16)15(14)17/h6,8-10,12,17H,3-5,7,11H2,1-2H3. The number of hydrogen-bond donors (Lipinski definition) is 1. The third-order valence-electron chi connectivity index (χ3n) is 3.17. The van der Waals surface area contributed by atoms with Crippen LogP contribution in [-0.4, -0.2) is 17.1 Å². The number of aldehydes is 1. The van der Waals surface area contributed by atoms with Crippen molar-refractivity contribution < 1.29 is 9.90 Å². The summed E-state index contributed by atoms with van der Waals surface area (Å²) in [6.45, 7) is 4.42. The number of benzene rings is 1. The summed E-state index contributed by atoms with van der Waals surface area (Å²) in [5.41, 5.74) is 0.376. The van der Waals surface area contributed by atoms with Gasteiger partial charge in [-0.15, -0.1) is 11.8 Å². The summed E-state index contributed by atoms with van der Waals surface area (Å²) in [4.78, 5) is 11.6. The number of unbranched alkanes of at least 4 members (excludes halogenated alkanes) is 1. The molecule has 0 saturated carbocycles. The van der Waals surface area contributed by atoms with E-state index in [9.17, 15) is 9.90 Å². The predicted octanol–water partition coefficient (Wildman–Crippen LogP) is 4.51. The quantitative estimate of drug-likeness (QED) is 0.555. The van der Waals surface area contributed by atoms with Gasteiger partial charge in [0, 0.05) is 10.6 Å². The highest BCUT2D eigenvalue weighted by Crippen LogP contribution is 2.33. The first-order valence-corrected chi connectivity index (χ1v) is 7.61. The highest BCUT2D eigenvalue weighted by atomic mass is 32.2. The molecule has 2 nitrogen and oxygen atoms in total. The molecule has 1 unspecified atom stereocenters. The lowest BCUT2D eigenvalue weighted by Gasteiger charge is -2.14. The van der Waals surface area contributed by atoms with Gasteiger partial charge in [0.15, 0.2) is 6.29 Å². The highest BCUT2D eigenvalue weighted by Gasteiger charge is 2.10. The fraction of sp³-hybridized carbons (Fsp3) is 0.533. The van der Waals surface area contributed by atoms with Gasteiger partial charge in [0.25, 0.3) is 0 Å². The smallest absolute Gasteiger partial charge is 0.153 e. The van der Waals surface area contributed by atoms with Gasteiger partial charge in [-0.25, -0.2) is 0 Å². The number of carbonyl (C=O) groups excluding carboxylic acids is 1. The van der Waals surface area contributed by atoms with Gasteiger partial charge in [-0.05, 0) is 24.5 Å². The molecule has 0 aromatic heterocycles. The normalized spacial score (nSPS) is 12.3. The fourth-order valence-corrected chi connectivity index (χ4v) is 3.10. The summed E-state index contributed by atoms with van der Waals surface area (Å²) < 4.78 is 0. The Morgan fingerprint density at radius 1 is 1.39 bits per heavy atom. The summed E-state index contributed by atoms with van der Waals surface area (Å²) in [5, 5.41) is 9.90. The van der Waals surface area contributed by atoms with Gasteiger partial charge < -0.3 is 5.11 Å². The Kier molecular flexibility index (Phi) is 6.88. The summed E-state index contributed by atoms with van der Waals surface area (Å²) in [6, 6.07) is 5.33. The van der Waals surface area contributed by atoms with Crippen molar-refractivity contribution in [3.05, 3.63) is 23.8 Å². The Bertz CT molecular complexity index is 377. The molecule has 0 saturated heterocycles. The maximum absolute atomic E-state index is 10.7. The lowest BCUT2D eigenvalue weighted by atomic mass is 10.0. The fourth-order valence-electron chi connectivity index (χ4n) is 1.86. The van der Waals surface area contributed by atoms with Crippen LogP contribution >= 0.6 is 11.8 Å². The molecule has 1 aromatic carbocycles. The molecule has 0 fully saturated rings. The first kappa shape index (κ1) is 15.1. The number of carbonyl (C=O) groups is 1. The Morgan fingerprint density at radius 3 is 2.78 bits per heavy atom. The molecule has 1 N–H and O–H groups in total. The molecular formula is C15H22O2S.